The molecule has 1 rings (SSSR count). The van der Waals surface area contributed by atoms with Gasteiger partial charge in [0, 0.05) is 18.5 Å². The maximum absolute atomic E-state index is 11.8. The van der Waals surface area contributed by atoms with Gasteiger partial charge in [-0.05, 0) is 32.2 Å². The Balaban J connectivity index is 2.32. The third kappa shape index (κ3) is 4.12. The highest BCUT2D eigenvalue weighted by molar-refractivity contribution is 5.76. The molecule has 0 radical (unpaired) electrons. The Morgan fingerprint density at radius 1 is 1.44 bits per heavy atom. The van der Waals surface area contributed by atoms with Crippen molar-refractivity contribution >= 4 is 5.91 Å². The smallest absolute Gasteiger partial charge is 0.220 e. The molecule has 3 heteroatoms. The minimum absolute atomic E-state index is 0.231. The topological polar surface area (TPSA) is 41.1 Å². The van der Waals surface area contributed by atoms with Gasteiger partial charge in [-0.1, -0.05) is 26.7 Å². The van der Waals surface area contributed by atoms with Crippen LogP contribution >= 0.6 is 0 Å². The number of hydrogen-bond acceptors (Lipinski definition) is 2. The molecule has 0 aromatic heterocycles. The average molecular weight is 226 g/mol. The predicted octanol–water partition coefficient (Wildman–Crippen LogP) is 2.07. The van der Waals surface area contributed by atoms with Crippen LogP contribution < -0.4 is 10.6 Å². The van der Waals surface area contributed by atoms with Gasteiger partial charge < -0.3 is 10.6 Å². The Morgan fingerprint density at radius 3 is 2.69 bits per heavy atom. The largest absolute Gasteiger partial charge is 0.352 e. The number of rotatable bonds is 5. The van der Waals surface area contributed by atoms with Gasteiger partial charge in [-0.3, -0.25) is 4.79 Å². The van der Waals surface area contributed by atoms with Crippen LogP contribution in [0.15, 0.2) is 0 Å². The van der Waals surface area contributed by atoms with E-state index >= 15 is 0 Å². The van der Waals surface area contributed by atoms with Crippen molar-refractivity contribution in [1.82, 2.24) is 10.6 Å². The van der Waals surface area contributed by atoms with E-state index in [1.165, 1.54) is 6.42 Å². The van der Waals surface area contributed by atoms with E-state index in [1.807, 2.05) is 0 Å². The predicted molar refractivity (Wildman–Crippen MR) is 67.3 cm³/mol. The SMILES string of the molecule is CCC(CC)CC(=O)NC1CCCNC1C. The van der Waals surface area contributed by atoms with Crippen molar-refractivity contribution in [2.45, 2.75) is 65.0 Å². The van der Waals surface area contributed by atoms with E-state index < -0.39 is 0 Å². The van der Waals surface area contributed by atoms with E-state index in [2.05, 4.69) is 31.4 Å². The fourth-order valence-corrected chi connectivity index (χ4v) is 2.35. The van der Waals surface area contributed by atoms with Gasteiger partial charge in [0.15, 0.2) is 0 Å². The van der Waals surface area contributed by atoms with Crippen molar-refractivity contribution in [2.75, 3.05) is 6.54 Å². The maximum Gasteiger partial charge on any atom is 0.220 e. The molecular weight excluding hydrogens is 200 g/mol. The first kappa shape index (κ1) is 13.5. The van der Waals surface area contributed by atoms with E-state index in [-0.39, 0.29) is 5.91 Å². The molecule has 0 saturated carbocycles. The minimum atomic E-state index is 0.231. The zero-order valence-electron chi connectivity index (χ0n) is 10.9. The van der Waals surface area contributed by atoms with Crippen molar-refractivity contribution in [3.8, 4) is 0 Å². The molecule has 1 aliphatic heterocycles. The molecule has 2 unspecified atom stereocenters. The summed E-state index contributed by atoms with van der Waals surface area (Å²) in [5.41, 5.74) is 0. The van der Waals surface area contributed by atoms with Gasteiger partial charge in [-0.15, -0.1) is 0 Å². The van der Waals surface area contributed by atoms with Crippen molar-refractivity contribution in [2.24, 2.45) is 5.92 Å². The normalized spacial score (nSPS) is 25.8. The van der Waals surface area contributed by atoms with Gasteiger partial charge in [0.1, 0.15) is 0 Å². The molecule has 0 spiro atoms. The van der Waals surface area contributed by atoms with Crippen LogP contribution in [0.4, 0.5) is 0 Å². The van der Waals surface area contributed by atoms with Crippen LogP contribution in [-0.2, 0) is 4.79 Å². The Morgan fingerprint density at radius 2 is 2.12 bits per heavy atom. The van der Waals surface area contributed by atoms with Gasteiger partial charge in [-0.2, -0.15) is 0 Å². The summed E-state index contributed by atoms with van der Waals surface area (Å²) in [4.78, 5) is 11.8. The number of amides is 1. The van der Waals surface area contributed by atoms with Crippen molar-refractivity contribution in [3.05, 3.63) is 0 Å². The zero-order chi connectivity index (χ0) is 12.0. The monoisotopic (exact) mass is 226 g/mol. The summed E-state index contributed by atoms with van der Waals surface area (Å²) in [6.45, 7) is 7.56. The van der Waals surface area contributed by atoms with Crippen LogP contribution in [0.1, 0.15) is 52.9 Å². The lowest BCUT2D eigenvalue weighted by molar-refractivity contribution is -0.123. The van der Waals surface area contributed by atoms with Crippen LogP contribution in [-0.4, -0.2) is 24.5 Å². The number of piperidine rings is 1. The molecule has 0 aromatic rings. The Kier molecular flexibility index (Phi) is 5.81. The van der Waals surface area contributed by atoms with Gasteiger partial charge >= 0.3 is 0 Å². The Hall–Kier alpha value is -0.570. The van der Waals surface area contributed by atoms with Crippen LogP contribution in [0, 0.1) is 5.92 Å². The second kappa shape index (κ2) is 6.89. The molecule has 2 N–H and O–H groups in total. The average Bonchev–Trinajstić information content (AvgIpc) is 2.29. The second-order valence-corrected chi connectivity index (χ2v) is 4.95. The number of hydrogen-bond donors (Lipinski definition) is 2. The molecule has 1 saturated heterocycles. The Labute approximate surface area is 99.4 Å². The lowest BCUT2D eigenvalue weighted by Gasteiger charge is -2.31. The summed E-state index contributed by atoms with van der Waals surface area (Å²) in [6, 6.07) is 0.745. The highest BCUT2D eigenvalue weighted by Gasteiger charge is 2.22. The summed E-state index contributed by atoms with van der Waals surface area (Å²) in [7, 11) is 0. The highest BCUT2D eigenvalue weighted by atomic mass is 16.1. The van der Waals surface area contributed by atoms with Crippen LogP contribution in [0.3, 0.4) is 0 Å². The second-order valence-electron chi connectivity index (χ2n) is 4.95. The molecule has 0 bridgehead atoms. The molecule has 3 nitrogen and oxygen atoms in total. The first-order valence-electron chi connectivity index (χ1n) is 6.70. The van der Waals surface area contributed by atoms with Gasteiger partial charge in [0.25, 0.3) is 0 Å². The molecule has 0 aromatic carbocycles. The highest BCUT2D eigenvalue weighted by Crippen LogP contribution is 2.13. The summed E-state index contributed by atoms with van der Waals surface area (Å²) >= 11 is 0. The van der Waals surface area contributed by atoms with Crippen LogP contribution in [0.2, 0.25) is 0 Å². The number of carbonyl (C=O) groups excluding carboxylic acids is 1. The fourth-order valence-electron chi connectivity index (χ4n) is 2.35. The van der Waals surface area contributed by atoms with E-state index in [1.54, 1.807) is 0 Å². The van der Waals surface area contributed by atoms with Crippen LogP contribution in [0.25, 0.3) is 0 Å². The minimum Gasteiger partial charge on any atom is -0.352 e. The van der Waals surface area contributed by atoms with Crippen molar-refractivity contribution < 1.29 is 4.79 Å². The molecule has 1 fully saturated rings. The third-order valence-corrected chi connectivity index (χ3v) is 3.74. The van der Waals surface area contributed by atoms with Gasteiger partial charge in [-0.25, -0.2) is 0 Å². The number of carbonyl (C=O) groups is 1. The summed E-state index contributed by atoms with van der Waals surface area (Å²) < 4.78 is 0. The zero-order valence-corrected chi connectivity index (χ0v) is 10.9. The molecule has 1 amide bonds. The first-order chi connectivity index (χ1) is 7.67. The lowest BCUT2D eigenvalue weighted by Crippen LogP contribution is -2.52. The fraction of sp³-hybridized carbons (Fsp3) is 0.923. The molecule has 16 heavy (non-hydrogen) atoms. The molecule has 94 valence electrons. The van der Waals surface area contributed by atoms with Crippen molar-refractivity contribution in [1.29, 1.82) is 0 Å². The lowest BCUT2D eigenvalue weighted by atomic mass is 9.96. The van der Waals surface area contributed by atoms with E-state index in [4.69, 9.17) is 0 Å². The van der Waals surface area contributed by atoms with Crippen molar-refractivity contribution in [3.63, 3.8) is 0 Å². The maximum atomic E-state index is 11.8. The molecule has 2 atom stereocenters. The summed E-state index contributed by atoms with van der Waals surface area (Å²) in [6.07, 6.45) is 5.17. The molecule has 1 heterocycles. The van der Waals surface area contributed by atoms with Gasteiger partial charge in [0.05, 0.1) is 0 Å². The van der Waals surface area contributed by atoms with Gasteiger partial charge in [0.2, 0.25) is 5.91 Å². The molecular formula is C13H26N2O. The molecule has 1 aliphatic rings. The standard InChI is InChI=1S/C13H26N2O/c1-4-11(5-2)9-13(16)15-12-7-6-8-14-10(12)3/h10-12,14H,4-9H2,1-3H3,(H,15,16). The molecule has 0 aliphatic carbocycles. The summed E-state index contributed by atoms with van der Waals surface area (Å²) in [5.74, 6) is 0.779. The quantitative estimate of drug-likeness (QED) is 0.753. The Bertz CT molecular complexity index is 214. The number of nitrogens with one attached hydrogen (secondary N) is 2. The summed E-state index contributed by atoms with van der Waals surface area (Å²) in [5, 5.41) is 6.57. The van der Waals surface area contributed by atoms with E-state index in [0.717, 1.165) is 25.8 Å². The van der Waals surface area contributed by atoms with E-state index in [9.17, 15) is 4.79 Å². The van der Waals surface area contributed by atoms with E-state index in [0.29, 0.717) is 24.4 Å². The third-order valence-electron chi connectivity index (χ3n) is 3.74. The first-order valence-corrected chi connectivity index (χ1v) is 6.70. The van der Waals surface area contributed by atoms with Crippen LogP contribution in [0.5, 0.6) is 0 Å².